The van der Waals surface area contributed by atoms with E-state index >= 15 is 0 Å². The first-order valence-corrected chi connectivity index (χ1v) is 6.53. The van der Waals surface area contributed by atoms with Crippen LogP contribution in [0.25, 0.3) is 0 Å². The van der Waals surface area contributed by atoms with Gasteiger partial charge in [-0.05, 0) is 39.5 Å². The standard InChI is InChI=1S/C13H26N2O/c1-5-11-8-7-10(3)15(11)12(16)13(4,6-2)9-14/h10-11H,5-9,14H2,1-4H3. The molecule has 16 heavy (non-hydrogen) atoms. The van der Waals surface area contributed by atoms with Gasteiger partial charge >= 0.3 is 0 Å². The van der Waals surface area contributed by atoms with Crippen LogP contribution in [-0.4, -0.2) is 29.4 Å². The van der Waals surface area contributed by atoms with E-state index in [2.05, 4.69) is 18.7 Å². The lowest BCUT2D eigenvalue weighted by atomic mass is 9.85. The van der Waals surface area contributed by atoms with Crippen LogP contribution in [0.1, 0.15) is 53.4 Å². The Morgan fingerprint density at radius 1 is 1.44 bits per heavy atom. The van der Waals surface area contributed by atoms with E-state index in [1.165, 1.54) is 0 Å². The van der Waals surface area contributed by atoms with Crippen LogP contribution >= 0.6 is 0 Å². The van der Waals surface area contributed by atoms with Gasteiger partial charge in [-0.1, -0.05) is 13.8 Å². The zero-order valence-corrected chi connectivity index (χ0v) is 11.1. The number of hydrogen-bond acceptors (Lipinski definition) is 2. The summed E-state index contributed by atoms with van der Waals surface area (Å²) in [6.45, 7) is 8.80. The summed E-state index contributed by atoms with van der Waals surface area (Å²) in [5.74, 6) is 0.259. The molecule has 1 fully saturated rings. The Bertz CT molecular complexity index is 248. The number of likely N-dealkylation sites (tertiary alicyclic amines) is 1. The topological polar surface area (TPSA) is 46.3 Å². The monoisotopic (exact) mass is 226 g/mol. The quantitative estimate of drug-likeness (QED) is 0.798. The molecule has 0 bridgehead atoms. The lowest BCUT2D eigenvalue weighted by molar-refractivity contribution is -0.143. The van der Waals surface area contributed by atoms with Crippen LogP contribution in [0.4, 0.5) is 0 Å². The molecule has 0 radical (unpaired) electrons. The van der Waals surface area contributed by atoms with Crippen LogP contribution in [-0.2, 0) is 4.79 Å². The lowest BCUT2D eigenvalue weighted by Gasteiger charge is -2.36. The van der Waals surface area contributed by atoms with E-state index in [1.54, 1.807) is 0 Å². The van der Waals surface area contributed by atoms with Crippen molar-refractivity contribution in [3.05, 3.63) is 0 Å². The van der Waals surface area contributed by atoms with Gasteiger partial charge in [0.1, 0.15) is 0 Å². The van der Waals surface area contributed by atoms with Crippen molar-refractivity contribution in [2.75, 3.05) is 6.54 Å². The van der Waals surface area contributed by atoms with Gasteiger partial charge in [0.05, 0.1) is 5.41 Å². The number of nitrogens with two attached hydrogens (primary N) is 1. The Hall–Kier alpha value is -0.570. The highest BCUT2D eigenvalue weighted by Gasteiger charge is 2.41. The van der Waals surface area contributed by atoms with Gasteiger partial charge in [0.15, 0.2) is 0 Å². The third-order valence-electron chi connectivity index (χ3n) is 4.24. The van der Waals surface area contributed by atoms with Crippen molar-refractivity contribution < 1.29 is 4.79 Å². The number of amides is 1. The fourth-order valence-corrected chi connectivity index (χ4v) is 2.53. The second kappa shape index (κ2) is 5.17. The molecule has 1 saturated heterocycles. The fourth-order valence-electron chi connectivity index (χ4n) is 2.53. The van der Waals surface area contributed by atoms with E-state index in [0.717, 1.165) is 25.7 Å². The summed E-state index contributed by atoms with van der Waals surface area (Å²) in [6, 6.07) is 0.815. The van der Waals surface area contributed by atoms with E-state index in [0.29, 0.717) is 18.6 Å². The molecule has 3 unspecified atom stereocenters. The molecular formula is C13H26N2O. The summed E-state index contributed by atoms with van der Waals surface area (Å²) in [5.41, 5.74) is 5.40. The zero-order chi connectivity index (χ0) is 12.3. The molecule has 0 aromatic rings. The molecule has 94 valence electrons. The first-order chi connectivity index (χ1) is 7.50. The number of hydrogen-bond donors (Lipinski definition) is 1. The molecule has 1 amide bonds. The molecule has 0 aromatic heterocycles. The van der Waals surface area contributed by atoms with E-state index < -0.39 is 0 Å². The Morgan fingerprint density at radius 2 is 2.06 bits per heavy atom. The average molecular weight is 226 g/mol. The van der Waals surface area contributed by atoms with E-state index in [4.69, 9.17) is 5.73 Å². The lowest BCUT2D eigenvalue weighted by Crippen LogP contribution is -2.50. The average Bonchev–Trinajstić information content (AvgIpc) is 2.68. The van der Waals surface area contributed by atoms with Gasteiger partial charge in [0.25, 0.3) is 0 Å². The SMILES string of the molecule is CCC1CCC(C)N1C(=O)C(C)(CC)CN. The fraction of sp³-hybridized carbons (Fsp3) is 0.923. The van der Waals surface area contributed by atoms with Crippen molar-refractivity contribution in [3.8, 4) is 0 Å². The second-order valence-electron chi connectivity index (χ2n) is 5.32. The Kier molecular flexibility index (Phi) is 4.36. The first kappa shape index (κ1) is 13.5. The van der Waals surface area contributed by atoms with E-state index in [-0.39, 0.29) is 11.3 Å². The van der Waals surface area contributed by atoms with Gasteiger partial charge in [-0.25, -0.2) is 0 Å². The summed E-state index contributed by atoms with van der Waals surface area (Å²) in [7, 11) is 0. The Morgan fingerprint density at radius 3 is 2.50 bits per heavy atom. The largest absolute Gasteiger partial charge is 0.337 e. The molecule has 0 saturated carbocycles. The predicted octanol–water partition coefficient (Wildman–Crippen LogP) is 2.15. The number of carbonyl (C=O) groups is 1. The van der Waals surface area contributed by atoms with Crippen molar-refractivity contribution in [1.29, 1.82) is 0 Å². The molecule has 0 spiro atoms. The van der Waals surface area contributed by atoms with Gasteiger partial charge in [-0.2, -0.15) is 0 Å². The molecule has 3 nitrogen and oxygen atoms in total. The maximum absolute atomic E-state index is 12.6. The summed E-state index contributed by atoms with van der Waals surface area (Å²) < 4.78 is 0. The minimum absolute atomic E-state index is 0.259. The van der Waals surface area contributed by atoms with Crippen molar-refractivity contribution in [2.24, 2.45) is 11.1 Å². The summed E-state index contributed by atoms with van der Waals surface area (Å²) in [5, 5.41) is 0. The minimum Gasteiger partial charge on any atom is -0.337 e. The van der Waals surface area contributed by atoms with E-state index in [9.17, 15) is 4.79 Å². The third kappa shape index (κ3) is 2.24. The summed E-state index contributed by atoms with van der Waals surface area (Å²) >= 11 is 0. The van der Waals surface area contributed by atoms with Crippen molar-refractivity contribution >= 4 is 5.91 Å². The molecule has 2 N–H and O–H groups in total. The molecule has 3 heteroatoms. The van der Waals surface area contributed by atoms with Gasteiger partial charge < -0.3 is 10.6 Å². The molecule has 0 aromatic carbocycles. The van der Waals surface area contributed by atoms with Crippen LogP contribution in [0.2, 0.25) is 0 Å². The molecule has 3 atom stereocenters. The van der Waals surface area contributed by atoms with Crippen LogP contribution in [0, 0.1) is 5.41 Å². The highest BCUT2D eigenvalue weighted by molar-refractivity contribution is 5.83. The minimum atomic E-state index is -0.369. The number of rotatable bonds is 4. The predicted molar refractivity (Wildman–Crippen MR) is 67.1 cm³/mol. The highest BCUT2D eigenvalue weighted by atomic mass is 16.2. The van der Waals surface area contributed by atoms with Gasteiger partial charge in [0.2, 0.25) is 5.91 Å². The van der Waals surface area contributed by atoms with Crippen LogP contribution in [0.15, 0.2) is 0 Å². The molecule has 1 heterocycles. The van der Waals surface area contributed by atoms with Crippen molar-refractivity contribution in [3.63, 3.8) is 0 Å². The van der Waals surface area contributed by atoms with Crippen LogP contribution < -0.4 is 5.73 Å². The van der Waals surface area contributed by atoms with Crippen molar-refractivity contribution in [1.82, 2.24) is 4.90 Å². The first-order valence-electron chi connectivity index (χ1n) is 6.53. The molecular weight excluding hydrogens is 200 g/mol. The van der Waals surface area contributed by atoms with E-state index in [1.807, 2.05) is 13.8 Å². The smallest absolute Gasteiger partial charge is 0.230 e. The van der Waals surface area contributed by atoms with Crippen LogP contribution in [0.3, 0.4) is 0 Å². The molecule has 1 rings (SSSR count). The van der Waals surface area contributed by atoms with Gasteiger partial charge in [-0.15, -0.1) is 0 Å². The molecule has 0 aliphatic carbocycles. The van der Waals surface area contributed by atoms with Gasteiger partial charge in [0, 0.05) is 18.6 Å². The summed E-state index contributed by atoms with van der Waals surface area (Å²) in [6.07, 6.45) is 4.16. The number of nitrogens with zero attached hydrogens (tertiary/aromatic N) is 1. The maximum Gasteiger partial charge on any atom is 0.230 e. The number of carbonyl (C=O) groups excluding carboxylic acids is 1. The Labute approximate surface area is 99.4 Å². The summed E-state index contributed by atoms with van der Waals surface area (Å²) in [4.78, 5) is 14.6. The zero-order valence-electron chi connectivity index (χ0n) is 11.1. The Balaban J connectivity index is 2.86. The molecule has 1 aliphatic rings. The maximum atomic E-state index is 12.6. The van der Waals surface area contributed by atoms with Crippen LogP contribution in [0.5, 0.6) is 0 Å². The van der Waals surface area contributed by atoms with Crippen molar-refractivity contribution in [2.45, 2.75) is 65.5 Å². The highest BCUT2D eigenvalue weighted by Crippen LogP contribution is 2.32. The molecule has 1 aliphatic heterocycles. The third-order valence-corrected chi connectivity index (χ3v) is 4.24. The second-order valence-corrected chi connectivity index (χ2v) is 5.32. The normalized spacial score (nSPS) is 29.2. The van der Waals surface area contributed by atoms with Gasteiger partial charge in [-0.3, -0.25) is 4.79 Å².